The first kappa shape index (κ1) is 20.9. The molecule has 1 amide bonds. The quantitative estimate of drug-likeness (QED) is 0.415. The third kappa shape index (κ3) is 4.51. The van der Waals surface area contributed by atoms with Crippen molar-refractivity contribution in [2.24, 2.45) is 0 Å². The van der Waals surface area contributed by atoms with Gasteiger partial charge in [-0.05, 0) is 48.2 Å². The van der Waals surface area contributed by atoms with Gasteiger partial charge in [0.1, 0.15) is 5.75 Å². The number of methoxy groups -OCH3 is 1. The highest BCUT2D eigenvalue weighted by Crippen LogP contribution is 2.29. The van der Waals surface area contributed by atoms with Gasteiger partial charge in [0, 0.05) is 24.2 Å². The summed E-state index contributed by atoms with van der Waals surface area (Å²) in [5.74, 6) is 1.91. The zero-order valence-electron chi connectivity index (χ0n) is 18.5. The van der Waals surface area contributed by atoms with E-state index < -0.39 is 0 Å². The van der Waals surface area contributed by atoms with E-state index in [0.29, 0.717) is 23.8 Å². The van der Waals surface area contributed by atoms with Gasteiger partial charge < -0.3 is 14.2 Å². The molecule has 0 radical (unpaired) electrons. The minimum Gasteiger partial charge on any atom is -0.497 e. The van der Waals surface area contributed by atoms with Crippen molar-refractivity contribution in [2.45, 2.75) is 18.8 Å². The molecule has 0 unspecified atom stereocenters. The summed E-state index contributed by atoms with van der Waals surface area (Å²) < 4.78 is 10.9. The van der Waals surface area contributed by atoms with E-state index in [0.717, 1.165) is 41.8 Å². The highest BCUT2D eigenvalue weighted by Gasteiger charge is 2.29. The first-order valence-electron chi connectivity index (χ1n) is 11.1. The van der Waals surface area contributed by atoms with Gasteiger partial charge in [0.05, 0.1) is 13.0 Å². The molecule has 1 aliphatic heterocycles. The molecule has 6 heteroatoms. The van der Waals surface area contributed by atoms with E-state index in [9.17, 15) is 4.79 Å². The molecule has 166 valence electrons. The van der Waals surface area contributed by atoms with Crippen molar-refractivity contribution < 1.29 is 14.1 Å². The Balaban J connectivity index is 1.29. The first-order valence-corrected chi connectivity index (χ1v) is 11.1. The lowest BCUT2D eigenvalue weighted by Crippen LogP contribution is -2.39. The standard InChI is InChI=1S/C27H25N3O3/c1-32-24-11-5-9-22(17-24)25-28-26(33-29-25)23-10-6-16-30(18-23)27(31)21-14-12-20(13-15-21)19-7-3-2-4-8-19/h2-5,7-9,11-15,17,23H,6,10,16,18H2,1H3/t23-/m1/s1. The predicted molar refractivity (Wildman–Crippen MR) is 126 cm³/mol. The van der Waals surface area contributed by atoms with Crippen molar-refractivity contribution >= 4 is 5.91 Å². The Labute approximate surface area is 192 Å². The smallest absolute Gasteiger partial charge is 0.253 e. The molecule has 5 rings (SSSR count). The van der Waals surface area contributed by atoms with Crippen molar-refractivity contribution in [2.75, 3.05) is 20.2 Å². The topological polar surface area (TPSA) is 68.5 Å². The summed E-state index contributed by atoms with van der Waals surface area (Å²) in [5, 5.41) is 4.16. The average molecular weight is 440 g/mol. The van der Waals surface area contributed by atoms with E-state index in [2.05, 4.69) is 22.3 Å². The third-order valence-corrected chi connectivity index (χ3v) is 6.07. The van der Waals surface area contributed by atoms with E-state index in [1.165, 1.54) is 0 Å². The van der Waals surface area contributed by atoms with Gasteiger partial charge in [0.2, 0.25) is 11.7 Å². The molecular formula is C27H25N3O3. The van der Waals surface area contributed by atoms with Crippen LogP contribution in [-0.4, -0.2) is 41.1 Å². The van der Waals surface area contributed by atoms with E-state index in [1.807, 2.05) is 71.6 Å². The highest BCUT2D eigenvalue weighted by atomic mass is 16.5. The van der Waals surface area contributed by atoms with Crippen LogP contribution in [0.15, 0.2) is 83.4 Å². The number of rotatable bonds is 5. The van der Waals surface area contributed by atoms with Crippen LogP contribution in [0.1, 0.15) is 35.0 Å². The minimum atomic E-state index is 0.0261. The van der Waals surface area contributed by atoms with Gasteiger partial charge in [-0.25, -0.2) is 0 Å². The zero-order valence-corrected chi connectivity index (χ0v) is 18.5. The third-order valence-electron chi connectivity index (χ3n) is 6.07. The van der Waals surface area contributed by atoms with Gasteiger partial charge >= 0.3 is 0 Å². The maximum Gasteiger partial charge on any atom is 0.253 e. The molecule has 1 aromatic heterocycles. The summed E-state index contributed by atoms with van der Waals surface area (Å²) in [6.45, 7) is 1.30. The Morgan fingerprint density at radius 2 is 1.73 bits per heavy atom. The molecule has 6 nitrogen and oxygen atoms in total. The number of hydrogen-bond donors (Lipinski definition) is 0. The second-order valence-electron chi connectivity index (χ2n) is 8.22. The maximum atomic E-state index is 13.2. The number of piperidine rings is 1. The summed E-state index contributed by atoms with van der Waals surface area (Å²) in [6, 6.07) is 25.5. The van der Waals surface area contributed by atoms with Crippen molar-refractivity contribution in [1.29, 1.82) is 0 Å². The molecule has 0 aliphatic carbocycles. The van der Waals surface area contributed by atoms with Gasteiger partial charge in [-0.3, -0.25) is 4.79 Å². The Bertz CT molecular complexity index is 1230. The van der Waals surface area contributed by atoms with Crippen LogP contribution in [0, 0.1) is 0 Å². The van der Waals surface area contributed by atoms with Crippen molar-refractivity contribution in [3.63, 3.8) is 0 Å². The number of benzene rings is 3. The average Bonchev–Trinajstić information content (AvgIpc) is 3.40. The number of likely N-dealkylation sites (tertiary alicyclic amines) is 1. The lowest BCUT2D eigenvalue weighted by atomic mass is 9.97. The SMILES string of the molecule is COc1cccc(-c2noc([C@@H]3CCCN(C(=O)c4ccc(-c5ccccc5)cc4)C3)n2)c1. The summed E-state index contributed by atoms with van der Waals surface area (Å²) in [6.07, 6.45) is 1.81. The van der Waals surface area contributed by atoms with E-state index in [1.54, 1.807) is 7.11 Å². The van der Waals surface area contributed by atoms with Crippen LogP contribution in [0.2, 0.25) is 0 Å². The highest BCUT2D eigenvalue weighted by molar-refractivity contribution is 5.94. The summed E-state index contributed by atoms with van der Waals surface area (Å²) in [4.78, 5) is 19.7. The first-order chi connectivity index (χ1) is 16.2. The summed E-state index contributed by atoms with van der Waals surface area (Å²) >= 11 is 0. The molecule has 1 aliphatic rings. The molecule has 1 atom stereocenters. The van der Waals surface area contributed by atoms with Crippen LogP contribution in [0.3, 0.4) is 0 Å². The molecule has 0 saturated carbocycles. The number of aromatic nitrogens is 2. The molecule has 1 fully saturated rings. The number of nitrogens with zero attached hydrogens (tertiary/aromatic N) is 3. The van der Waals surface area contributed by atoms with Crippen molar-refractivity contribution in [3.8, 4) is 28.3 Å². The molecule has 33 heavy (non-hydrogen) atoms. The number of carbonyl (C=O) groups is 1. The minimum absolute atomic E-state index is 0.0261. The summed E-state index contributed by atoms with van der Waals surface area (Å²) in [7, 11) is 1.63. The molecule has 3 aromatic carbocycles. The van der Waals surface area contributed by atoms with E-state index in [-0.39, 0.29) is 11.8 Å². The second-order valence-corrected chi connectivity index (χ2v) is 8.22. The number of ether oxygens (including phenoxy) is 1. The van der Waals surface area contributed by atoms with Gasteiger partial charge in [-0.1, -0.05) is 59.8 Å². The molecule has 0 N–H and O–H groups in total. The summed E-state index contributed by atoms with van der Waals surface area (Å²) in [5.41, 5.74) is 3.77. The lowest BCUT2D eigenvalue weighted by Gasteiger charge is -2.31. The maximum absolute atomic E-state index is 13.2. The van der Waals surface area contributed by atoms with Crippen LogP contribution in [0.5, 0.6) is 5.75 Å². The number of carbonyl (C=O) groups excluding carboxylic acids is 1. The Kier molecular flexibility index (Phi) is 5.89. The van der Waals surface area contributed by atoms with Crippen LogP contribution >= 0.6 is 0 Å². The monoisotopic (exact) mass is 439 g/mol. The fourth-order valence-electron chi connectivity index (χ4n) is 4.26. The second kappa shape index (κ2) is 9.28. The molecular weight excluding hydrogens is 414 g/mol. The van der Waals surface area contributed by atoms with Crippen LogP contribution in [0.25, 0.3) is 22.5 Å². The van der Waals surface area contributed by atoms with Crippen LogP contribution < -0.4 is 4.74 Å². The normalized spacial score (nSPS) is 15.9. The Morgan fingerprint density at radius 1 is 0.970 bits per heavy atom. The van der Waals surface area contributed by atoms with Gasteiger partial charge in [0.15, 0.2) is 0 Å². The van der Waals surface area contributed by atoms with Crippen LogP contribution in [0.4, 0.5) is 0 Å². The number of hydrogen-bond acceptors (Lipinski definition) is 5. The molecule has 1 saturated heterocycles. The largest absolute Gasteiger partial charge is 0.497 e. The van der Waals surface area contributed by atoms with Gasteiger partial charge in [-0.15, -0.1) is 0 Å². The Morgan fingerprint density at radius 3 is 2.52 bits per heavy atom. The van der Waals surface area contributed by atoms with E-state index >= 15 is 0 Å². The molecule has 2 heterocycles. The van der Waals surface area contributed by atoms with Crippen molar-refractivity contribution in [1.82, 2.24) is 15.0 Å². The number of amides is 1. The zero-order chi connectivity index (χ0) is 22.6. The van der Waals surface area contributed by atoms with Crippen LogP contribution in [-0.2, 0) is 0 Å². The fraction of sp³-hybridized carbons (Fsp3) is 0.222. The van der Waals surface area contributed by atoms with Crippen molar-refractivity contribution in [3.05, 3.63) is 90.3 Å². The lowest BCUT2D eigenvalue weighted by molar-refractivity contribution is 0.0695. The molecule has 4 aromatic rings. The van der Waals surface area contributed by atoms with Gasteiger partial charge in [-0.2, -0.15) is 4.98 Å². The Hall–Kier alpha value is -3.93. The fourth-order valence-corrected chi connectivity index (χ4v) is 4.26. The molecule has 0 spiro atoms. The molecule has 0 bridgehead atoms. The predicted octanol–water partition coefficient (Wildman–Crippen LogP) is 5.43. The van der Waals surface area contributed by atoms with E-state index in [4.69, 9.17) is 9.26 Å². The van der Waals surface area contributed by atoms with Gasteiger partial charge in [0.25, 0.3) is 5.91 Å².